The molecule has 49 heavy (non-hydrogen) atoms. The summed E-state index contributed by atoms with van der Waals surface area (Å²) >= 11 is 0. The van der Waals surface area contributed by atoms with Gasteiger partial charge in [-0.25, -0.2) is 9.97 Å². The first-order valence-electron chi connectivity index (χ1n) is 16.4. The molecule has 0 bridgehead atoms. The van der Waals surface area contributed by atoms with E-state index in [1.807, 2.05) is 84.9 Å². The molecular weight excluding hydrogens is 598 g/mol. The molecule has 0 N–H and O–H groups in total. The van der Waals surface area contributed by atoms with Crippen molar-refractivity contribution in [2.75, 3.05) is 0 Å². The molecule has 2 aliphatic carbocycles. The van der Waals surface area contributed by atoms with Gasteiger partial charge in [0.15, 0.2) is 0 Å². The molecule has 0 amide bonds. The number of hydrogen-bond donors (Lipinski definition) is 0. The number of nitrogens with zero attached hydrogens (tertiary/aromatic N) is 2. The van der Waals surface area contributed by atoms with Crippen LogP contribution in [0.15, 0.2) is 121 Å². The van der Waals surface area contributed by atoms with Crippen molar-refractivity contribution in [1.29, 1.82) is 0 Å². The summed E-state index contributed by atoms with van der Waals surface area (Å²) in [7, 11) is 0. The van der Waals surface area contributed by atoms with E-state index in [2.05, 4.69) is 64.1 Å². The standard InChI is InChI=1S/2C22H17NO.Be/c2*1-22(2)16-11-13-7-3-5-9-15(13)21(24)19(16)20-17(22)12-14-8-4-6-10-18(14)23-20;/h2*3-12,24H,1-2H3;/q;;+2/p-2. The number of fused-ring (bicyclic) bond motifs is 10. The number of pyridine rings is 2. The third-order valence-electron chi connectivity index (χ3n) is 10.6. The summed E-state index contributed by atoms with van der Waals surface area (Å²) in [5.41, 5.74) is 9.16. The monoisotopic (exact) mass is 629 g/mol. The van der Waals surface area contributed by atoms with Gasteiger partial charge in [-0.05, 0) is 91.3 Å². The van der Waals surface area contributed by atoms with Crippen LogP contribution >= 0.6 is 0 Å². The molecule has 0 atom stereocenters. The van der Waals surface area contributed by atoms with E-state index in [4.69, 9.17) is 9.97 Å². The van der Waals surface area contributed by atoms with Crippen LogP contribution in [0.25, 0.3) is 65.9 Å². The zero-order chi connectivity index (χ0) is 32.9. The molecule has 0 aliphatic heterocycles. The fraction of sp³-hybridized carbons (Fsp3) is 0.136. The molecule has 0 spiro atoms. The van der Waals surface area contributed by atoms with Crippen LogP contribution in [-0.4, -0.2) is 20.1 Å². The molecule has 0 radical (unpaired) electrons. The second-order valence-electron chi connectivity index (χ2n) is 14.1. The van der Waals surface area contributed by atoms with E-state index in [1.54, 1.807) is 0 Å². The number of benzene rings is 6. The van der Waals surface area contributed by atoms with Gasteiger partial charge < -0.3 is 10.2 Å². The van der Waals surface area contributed by atoms with E-state index in [1.165, 1.54) is 0 Å². The number of para-hydroxylation sites is 2. The molecule has 0 fully saturated rings. The van der Waals surface area contributed by atoms with Gasteiger partial charge in [-0.3, -0.25) is 0 Å². The number of hydrogen-bond acceptors (Lipinski definition) is 4. The maximum atomic E-state index is 13.2. The summed E-state index contributed by atoms with van der Waals surface area (Å²) in [6, 6.07) is 40.6. The van der Waals surface area contributed by atoms with Gasteiger partial charge in [-0.15, -0.1) is 0 Å². The molecule has 6 aromatic carbocycles. The van der Waals surface area contributed by atoms with Gasteiger partial charge >= 0.3 is 10.1 Å². The average molecular weight is 630 g/mol. The summed E-state index contributed by atoms with van der Waals surface area (Å²) in [5.74, 6) is 0.190. The van der Waals surface area contributed by atoms with Gasteiger partial charge in [0.1, 0.15) is 0 Å². The summed E-state index contributed by atoms with van der Waals surface area (Å²) in [4.78, 5) is 9.72. The zero-order valence-corrected chi connectivity index (χ0v) is 28.0. The molecule has 4 nitrogen and oxygen atoms in total. The Hall–Kier alpha value is -5.57. The van der Waals surface area contributed by atoms with Crippen LogP contribution in [0, 0.1) is 0 Å². The summed E-state index contributed by atoms with van der Waals surface area (Å²) in [6.45, 7) is 8.73. The Labute approximate surface area is 289 Å². The Bertz CT molecular complexity index is 2470. The molecule has 232 valence electrons. The Morgan fingerprint density at radius 1 is 0.429 bits per heavy atom. The number of aromatic nitrogens is 2. The zero-order valence-electron chi connectivity index (χ0n) is 28.0. The third kappa shape index (κ3) is 4.34. The molecule has 2 aliphatic rings. The Kier molecular flexibility index (Phi) is 6.72. The Balaban J connectivity index is 0.000000139. The normalized spacial score (nSPS) is 14.4. The molecule has 2 heterocycles. The third-order valence-corrected chi connectivity index (χ3v) is 10.6. The van der Waals surface area contributed by atoms with Crippen molar-refractivity contribution in [3.8, 4) is 34.0 Å². The van der Waals surface area contributed by atoms with Gasteiger partial charge in [-0.1, -0.05) is 124 Å². The van der Waals surface area contributed by atoms with Crippen molar-refractivity contribution < 1.29 is 10.2 Å². The summed E-state index contributed by atoms with van der Waals surface area (Å²) in [5, 5.41) is 32.1. The minimum absolute atomic E-state index is 0. The summed E-state index contributed by atoms with van der Waals surface area (Å²) in [6.07, 6.45) is 0. The predicted molar refractivity (Wildman–Crippen MR) is 198 cm³/mol. The molecule has 10 rings (SSSR count). The maximum Gasteiger partial charge on any atom is 2.00 e. The fourth-order valence-electron chi connectivity index (χ4n) is 7.94. The van der Waals surface area contributed by atoms with Crippen LogP contribution in [-0.2, 0) is 10.8 Å². The Morgan fingerprint density at radius 3 is 1.16 bits per heavy atom. The van der Waals surface area contributed by atoms with E-state index in [0.717, 1.165) is 88.1 Å². The topological polar surface area (TPSA) is 71.9 Å². The van der Waals surface area contributed by atoms with Crippen LogP contribution in [0.3, 0.4) is 0 Å². The maximum absolute atomic E-state index is 13.2. The molecule has 0 saturated heterocycles. The molecular formula is C44H32BeN2O2. The molecule has 8 aromatic rings. The van der Waals surface area contributed by atoms with Crippen LogP contribution < -0.4 is 10.2 Å². The van der Waals surface area contributed by atoms with Crippen molar-refractivity contribution >= 4 is 53.5 Å². The van der Waals surface area contributed by atoms with Crippen molar-refractivity contribution in [2.45, 2.75) is 38.5 Å². The van der Waals surface area contributed by atoms with Gasteiger partial charge in [0.25, 0.3) is 0 Å². The van der Waals surface area contributed by atoms with Crippen LogP contribution in [0.4, 0.5) is 0 Å². The Morgan fingerprint density at radius 2 is 0.755 bits per heavy atom. The summed E-state index contributed by atoms with van der Waals surface area (Å²) < 4.78 is 0. The average Bonchev–Trinajstić information content (AvgIpc) is 3.45. The second-order valence-corrected chi connectivity index (χ2v) is 14.1. The van der Waals surface area contributed by atoms with Crippen molar-refractivity contribution in [2.24, 2.45) is 0 Å². The van der Waals surface area contributed by atoms with E-state index in [-0.39, 0.29) is 32.5 Å². The van der Waals surface area contributed by atoms with Gasteiger partial charge in [0.05, 0.1) is 22.4 Å². The van der Waals surface area contributed by atoms with Gasteiger partial charge in [0.2, 0.25) is 0 Å². The SMILES string of the molecule is CC1(C)c2cc3ccccc3nc2-c2c1cc1ccccc1c2[O-].CC1(C)c2cc3ccccc3nc2-c2c1cc1ccccc1c2[O-].[Be+2]. The molecule has 2 aromatic heterocycles. The van der Waals surface area contributed by atoms with E-state index in [0.29, 0.717) is 0 Å². The first-order chi connectivity index (χ1) is 23.1. The predicted octanol–water partition coefficient (Wildman–Crippen LogP) is 9.15. The van der Waals surface area contributed by atoms with Crippen LogP contribution in [0.2, 0.25) is 0 Å². The van der Waals surface area contributed by atoms with Crippen LogP contribution in [0.1, 0.15) is 49.9 Å². The number of rotatable bonds is 0. The quantitative estimate of drug-likeness (QED) is 0.157. The van der Waals surface area contributed by atoms with Crippen molar-refractivity contribution in [3.63, 3.8) is 0 Å². The van der Waals surface area contributed by atoms with E-state index < -0.39 is 0 Å². The van der Waals surface area contributed by atoms with Gasteiger partial charge in [0, 0.05) is 21.6 Å². The fourth-order valence-corrected chi connectivity index (χ4v) is 7.94. The first kappa shape index (κ1) is 30.7. The molecule has 0 saturated carbocycles. The smallest absolute Gasteiger partial charge is 0.872 e. The largest absolute Gasteiger partial charge is 2.00 e. The van der Waals surface area contributed by atoms with Crippen molar-refractivity contribution in [1.82, 2.24) is 9.97 Å². The van der Waals surface area contributed by atoms with E-state index >= 15 is 0 Å². The molecule has 5 heteroatoms. The van der Waals surface area contributed by atoms with Crippen molar-refractivity contribution in [3.05, 3.63) is 144 Å². The van der Waals surface area contributed by atoms with E-state index in [9.17, 15) is 10.2 Å². The van der Waals surface area contributed by atoms with Gasteiger partial charge in [-0.2, -0.15) is 0 Å². The second kappa shape index (κ2) is 10.7. The first-order valence-corrected chi connectivity index (χ1v) is 16.4. The van der Waals surface area contributed by atoms with Crippen LogP contribution in [0.5, 0.6) is 11.5 Å². The minimum Gasteiger partial charge on any atom is -0.872 e. The molecule has 0 unspecified atom stereocenters. The minimum atomic E-state index is -0.217.